The van der Waals surface area contributed by atoms with Crippen LogP contribution in [0.2, 0.25) is 0 Å². The van der Waals surface area contributed by atoms with E-state index in [9.17, 15) is 47.7 Å². The number of esters is 1. The number of anilines is 1. The number of carboxylic acid groups (broad SMARTS) is 1. The molecule has 1 amide bonds. The smallest absolute Gasteiger partial charge is 0.337 e. The first-order valence-electron chi connectivity index (χ1n) is 10.8. The van der Waals surface area contributed by atoms with Crippen molar-refractivity contribution in [1.29, 1.82) is 0 Å². The molecule has 1 heterocycles. The second-order valence-electron chi connectivity index (χ2n) is 8.24. The molecule has 0 unspecified atom stereocenters. The van der Waals surface area contributed by atoms with Crippen molar-refractivity contribution < 1.29 is 47.2 Å². The summed E-state index contributed by atoms with van der Waals surface area (Å²) in [7, 11) is -4.77. The van der Waals surface area contributed by atoms with Crippen LogP contribution in [0.5, 0.6) is 0 Å². The molecule has 2 atom stereocenters. The summed E-state index contributed by atoms with van der Waals surface area (Å²) in [6.07, 6.45) is 0.203. The number of benzene rings is 2. The highest BCUT2D eigenvalue weighted by molar-refractivity contribution is 7.85. The van der Waals surface area contributed by atoms with Gasteiger partial charge in [0.2, 0.25) is 5.41 Å². The molecule has 1 aliphatic heterocycles. The van der Waals surface area contributed by atoms with Gasteiger partial charge in [0.25, 0.3) is 21.7 Å². The lowest BCUT2D eigenvalue weighted by Crippen LogP contribution is -2.55. The molecular formula is C22H21N3O11S2. The van der Waals surface area contributed by atoms with Crippen molar-refractivity contribution in [3.05, 3.63) is 63.7 Å². The Kier molecular flexibility index (Phi) is 8.41. The van der Waals surface area contributed by atoms with Crippen molar-refractivity contribution in [2.45, 2.75) is 17.9 Å². The number of aromatic carboxylic acids is 1. The minimum Gasteiger partial charge on any atom is -0.501 e. The lowest BCUT2D eigenvalue weighted by molar-refractivity contribution is -0.384. The number of thiocarbonyl (C=S) groups is 1. The maximum absolute atomic E-state index is 13.6. The number of nitro benzene ring substituents is 1. The number of ether oxygens (including phenoxy) is 1. The van der Waals surface area contributed by atoms with E-state index in [2.05, 4.69) is 10.6 Å². The van der Waals surface area contributed by atoms with E-state index in [4.69, 9.17) is 17.0 Å². The number of non-ortho nitro benzene ring substituents is 1. The average molecular weight is 568 g/mol. The first-order chi connectivity index (χ1) is 17.8. The Balaban J connectivity index is 1.97. The Labute approximate surface area is 220 Å². The van der Waals surface area contributed by atoms with Crippen molar-refractivity contribution in [1.82, 2.24) is 5.32 Å². The molecule has 1 fully saturated rings. The molecule has 0 bridgehead atoms. The maximum Gasteiger partial charge on any atom is 0.337 e. The predicted molar refractivity (Wildman–Crippen MR) is 133 cm³/mol. The Morgan fingerprint density at radius 1 is 1.18 bits per heavy atom. The first-order valence-corrected chi connectivity index (χ1v) is 12.6. The predicted octanol–water partition coefficient (Wildman–Crippen LogP) is 1.70. The highest BCUT2D eigenvalue weighted by Gasteiger charge is 2.58. The van der Waals surface area contributed by atoms with Crippen LogP contribution in [-0.4, -0.2) is 64.1 Å². The van der Waals surface area contributed by atoms with Crippen LogP contribution in [0.25, 0.3) is 0 Å². The van der Waals surface area contributed by atoms with Gasteiger partial charge in [-0.25, -0.2) is 4.79 Å². The van der Waals surface area contributed by atoms with Crippen molar-refractivity contribution in [2.75, 3.05) is 18.4 Å². The lowest BCUT2D eigenvalue weighted by atomic mass is 9.74. The van der Waals surface area contributed by atoms with Crippen LogP contribution in [-0.2, 0) is 31.1 Å². The fourth-order valence-corrected chi connectivity index (χ4v) is 4.84. The zero-order valence-electron chi connectivity index (χ0n) is 19.3. The van der Waals surface area contributed by atoms with Crippen molar-refractivity contribution in [2.24, 2.45) is 11.3 Å². The molecule has 16 heteroatoms. The molecule has 202 valence electrons. The number of aliphatic hydroxyl groups is 1. The summed E-state index contributed by atoms with van der Waals surface area (Å²) in [5, 5.41) is 35.0. The van der Waals surface area contributed by atoms with Gasteiger partial charge in [-0.15, -0.1) is 0 Å². The van der Waals surface area contributed by atoms with E-state index in [1.807, 2.05) is 0 Å². The van der Waals surface area contributed by atoms with Crippen molar-refractivity contribution >= 4 is 56.6 Å². The summed E-state index contributed by atoms with van der Waals surface area (Å²) in [6.45, 7) is -0.00629. The molecule has 14 nitrogen and oxygen atoms in total. The topological polar surface area (TPSA) is 222 Å². The third-order valence-corrected chi connectivity index (χ3v) is 7.15. The summed E-state index contributed by atoms with van der Waals surface area (Å²) in [4.78, 5) is 48.2. The SMILES string of the molecule is O=C(O)c1cc(S(=O)(=O)O)ccc1NC(=O)[C@@](C(=O)OCc1ccc([N+](=O)[O-])cc1)(C(O)=S)[C@@H]1CCNC1. The fourth-order valence-electron chi connectivity index (χ4n) is 4.00. The van der Waals surface area contributed by atoms with E-state index < -0.39 is 72.0 Å². The number of aliphatic hydroxyl groups excluding tert-OH is 1. The van der Waals surface area contributed by atoms with Gasteiger partial charge in [-0.1, -0.05) is 0 Å². The number of hydrogen-bond donors (Lipinski definition) is 5. The number of amides is 1. The number of nitrogens with one attached hydrogen (secondary N) is 2. The van der Waals surface area contributed by atoms with Crippen LogP contribution in [0.15, 0.2) is 47.4 Å². The van der Waals surface area contributed by atoms with Gasteiger partial charge >= 0.3 is 11.9 Å². The number of nitrogens with zero attached hydrogens (tertiary/aromatic N) is 1. The second-order valence-corrected chi connectivity index (χ2v) is 10.1. The minimum absolute atomic E-state index is 0.0637. The van der Waals surface area contributed by atoms with Gasteiger partial charge in [0.05, 0.1) is 21.1 Å². The Hall–Kier alpha value is -3.99. The van der Waals surface area contributed by atoms with Crippen LogP contribution < -0.4 is 10.6 Å². The number of carboxylic acids is 1. The average Bonchev–Trinajstić information content (AvgIpc) is 3.37. The number of rotatable bonds is 10. The Bertz CT molecular complexity index is 1400. The minimum atomic E-state index is -4.77. The van der Waals surface area contributed by atoms with Crippen LogP contribution in [0.3, 0.4) is 0 Å². The third kappa shape index (κ3) is 5.77. The molecule has 0 saturated carbocycles. The molecule has 1 aliphatic rings. The standard InChI is InChI=1S/C22H21N3O11S2/c26-18(27)16-9-15(38(33,34)35)5-6-17(16)24-19(28)22(21(30)37,13-7-8-23-10-13)20(29)36-11-12-1-3-14(4-2-12)25(31)32/h1-6,9,13,23H,7-8,10-11H2,(H,24,28)(H,26,27)(H,30,37)(H,33,34,35)/t13-,22+/m1/s1. The van der Waals surface area contributed by atoms with Gasteiger partial charge in [-0.3, -0.25) is 24.3 Å². The monoisotopic (exact) mass is 567 g/mol. The maximum atomic E-state index is 13.6. The first kappa shape index (κ1) is 28.6. The van der Waals surface area contributed by atoms with E-state index in [1.165, 1.54) is 24.3 Å². The third-order valence-electron chi connectivity index (χ3n) is 5.97. The number of carbonyl (C=O) groups is 3. The molecule has 0 spiro atoms. The van der Waals surface area contributed by atoms with Gasteiger partial charge in [0.15, 0.2) is 5.05 Å². The molecule has 0 aromatic heterocycles. The quantitative estimate of drug-likeness (QED) is 0.0689. The normalized spacial score (nSPS) is 16.7. The molecule has 1 saturated heterocycles. The molecule has 2 aromatic rings. The number of carbonyl (C=O) groups excluding carboxylic acids is 2. The largest absolute Gasteiger partial charge is 0.501 e. The zero-order chi connectivity index (χ0) is 28.3. The van der Waals surface area contributed by atoms with E-state index >= 15 is 0 Å². The molecule has 3 rings (SSSR count). The Morgan fingerprint density at radius 2 is 1.84 bits per heavy atom. The summed E-state index contributed by atoms with van der Waals surface area (Å²) in [6, 6.07) is 7.37. The highest BCUT2D eigenvalue weighted by Crippen LogP contribution is 2.37. The van der Waals surface area contributed by atoms with Gasteiger partial charge in [0.1, 0.15) is 6.61 Å². The van der Waals surface area contributed by atoms with E-state index in [0.29, 0.717) is 18.2 Å². The van der Waals surface area contributed by atoms with E-state index in [1.54, 1.807) is 0 Å². The molecule has 0 aliphatic carbocycles. The number of nitro groups is 1. The summed E-state index contributed by atoms with van der Waals surface area (Å²) < 4.78 is 37.4. The molecule has 0 radical (unpaired) electrons. The zero-order valence-corrected chi connectivity index (χ0v) is 21.0. The molecule has 2 aromatic carbocycles. The second kappa shape index (κ2) is 11.2. The summed E-state index contributed by atoms with van der Waals surface area (Å²) >= 11 is 4.93. The van der Waals surface area contributed by atoms with Crippen molar-refractivity contribution in [3.8, 4) is 0 Å². The molecule has 5 N–H and O–H groups in total. The van der Waals surface area contributed by atoms with E-state index in [0.717, 1.165) is 12.1 Å². The van der Waals surface area contributed by atoms with Crippen LogP contribution in [0.4, 0.5) is 11.4 Å². The van der Waals surface area contributed by atoms with E-state index in [-0.39, 0.29) is 18.7 Å². The van der Waals surface area contributed by atoms with Crippen LogP contribution in [0, 0.1) is 21.4 Å². The van der Waals surface area contributed by atoms with Gasteiger partial charge in [0, 0.05) is 24.6 Å². The molecule has 38 heavy (non-hydrogen) atoms. The highest BCUT2D eigenvalue weighted by atomic mass is 32.2. The van der Waals surface area contributed by atoms with Crippen LogP contribution in [0.1, 0.15) is 22.3 Å². The van der Waals surface area contributed by atoms with Gasteiger partial charge in [-0.05, 0) is 61.1 Å². The van der Waals surface area contributed by atoms with Gasteiger partial charge in [-0.2, -0.15) is 8.42 Å². The number of hydrogen-bond acceptors (Lipinski definition) is 10. The van der Waals surface area contributed by atoms with Gasteiger partial charge < -0.3 is 25.6 Å². The fraction of sp³-hybridized carbons (Fsp3) is 0.273. The summed E-state index contributed by atoms with van der Waals surface area (Å²) in [5.41, 5.74) is -3.51. The van der Waals surface area contributed by atoms with Crippen LogP contribution >= 0.6 is 12.2 Å². The molecular weight excluding hydrogens is 546 g/mol. The summed E-state index contributed by atoms with van der Waals surface area (Å²) in [5.74, 6) is -5.04. The lowest BCUT2D eigenvalue weighted by Gasteiger charge is -2.33. The van der Waals surface area contributed by atoms with Crippen molar-refractivity contribution in [3.63, 3.8) is 0 Å². The Morgan fingerprint density at radius 3 is 2.34 bits per heavy atom.